The minimum absolute atomic E-state index is 0.293. The maximum absolute atomic E-state index is 11.8. The smallest absolute Gasteiger partial charge is 0.329 e. The van der Waals surface area contributed by atoms with Crippen molar-refractivity contribution in [2.24, 2.45) is 0 Å². The van der Waals surface area contributed by atoms with Gasteiger partial charge in [-0.1, -0.05) is 19.3 Å². The predicted octanol–water partition coefficient (Wildman–Crippen LogP) is 0.996. The van der Waals surface area contributed by atoms with Gasteiger partial charge in [-0.2, -0.15) is 0 Å². The second-order valence-electron chi connectivity index (χ2n) is 4.83. The van der Waals surface area contributed by atoms with Gasteiger partial charge in [-0.05, 0) is 12.8 Å². The number of carbonyl (C=O) groups excluding carboxylic acids is 1. The summed E-state index contributed by atoms with van der Waals surface area (Å²) in [6, 6.07) is -0.459. The third-order valence-electron chi connectivity index (χ3n) is 3.46. The minimum Gasteiger partial charge on any atom is -0.480 e. The number of carbonyl (C=O) groups is 2. The van der Waals surface area contributed by atoms with Gasteiger partial charge in [0.2, 0.25) is 0 Å². The number of H-pyrrole nitrogens is 1. The first-order valence-electron chi connectivity index (χ1n) is 6.39. The second kappa shape index (κ2) is 5.73. The Labute approximate surface area is 110 Å². The monoisotopic (exact) mass is 266 g/mol. The first-order chi connectivity index (χ1) is 9.12. The van der Waals surface area contributed by atoms with Crippen molar-refractivity contribution in [1.82, 2.24) is 20.6 Å². The summed E-state index contributed by atoms with van der Waals surface area (Å²) in [5.74, 6) is -0.955. The highest BCUT2D eigenvalue weighted by Gasteiger charge is 2.40. The Morgan fingerprint density at radius 2 is 2.11 bits per heavy atom. The van der Waals surface area contributed by atoms with E-state index in [0.717, 1.165) is 25.0 Å². The maximum atomic E-state index is 11.8. The zero-order valence-electron chi connectivity index (χ0n) is 10.6. The zero-order chi connectivity index (χ0) is 13.7. The van der Waals surface area contributed by atoms with Crippen molar-refractivity contribution in [3.63, 3.8) is 0 Å². The van der Waals surface area contributed by atoms with Gasteiger partial charge in [0.15, 0.2) is 0 Å². The highest BCUT2D eigenvalue weighted by atomic mass is 16.4. The van der Waals surface area contributed by atoms with Crippen LogP contribution < -0.4 is 10.6 Å². The fraction of sp³-hybridized carbons (Fsp3) is 0.583. The van der Waals surface area contributed by atoms with E-state index in [1.165, 1.54) is 6.33 Å². The number of urea groups is 1. The Morgan fingerprint density at radius 1 is 1.37 bits per heavy atom. The number of amides is 2. The van der Waals surface area contributed by atoms with Gasteiger partial charge in [0.05, 0.1) is 18.6 Å². The van der Waals surface area contributed by atoms with Gasteiger partial charge in [-0.15, -0.1) is 0 Å². The number of carboxylic acids is 1. The molecule has 0 aromatic carbocycles. The van der Waals surface area contributed by atoms with E-state index in [4.69, 9.17) is 0 Å². The summed E-state index contributed by atoms with van der Waals surface area (Å²) < 4.78 is 0. The standard InChI is InChI=1S/C12H18N4O3/c17-10(18)12(4-2-1-3-5-12)16-11(19)14-7-9-6-13-8-15-9/h6,8H,1-5,7H2,(H,13,15)(H,17,18)(H2,14,16,19). The molecule has 0 unspecified atom stereocenters. The summed E-state index contributed by atoms with van der Waals surface area (Å²) in [5.41, 5.74) is -0.348. The molecule has 1 aromatic rings. The Morgan fingerprint density at radius 3 is 2.68 bits per heavy atom. The number of rotatable bonds is 4. The van der Waals surface area contributed by atoms with Crippen molar-refractivity contribution in [2.75, 3.05) is 0 Å². The molecule has 0 atom stereocenters. The van der Waals surface area contributed by atoms with E-state index in [-0.39, 0.29) is 0 Å². The lowest BCUT2D eigenvalue weighted by atomic mass is 9.82. The van der Waals surface area contributed by atoms with Crippen LogP contribution >= 0.6 is 0 Å². The highest BCUT2D eigenvalue weighted by molar-refractivity contribution is 5.86. The molecule has 0 radical (unpaired) electrons. The molecule has 1 fully saturated rings. The SMILES string of the molecule is O=C(NCc1cnc[nH]1)NC1(C(=O)O)CCCCC1. The van der Waals surface area contributed by atoms with Crippen LogP contribution in [-0.2, 0) is 11.3 Å². The largest absolute Gasteiger partial charge is 0.480 e. The molecule has 4 N–H and O–H groups in total. The maximum Gasteiger partial charge on any atom is 0.329 e. The number of aromatic nitrogens is 2. The molecule has 104 valence electrons. The van der Waals surface area contributed by atoms with Crippen molar-refractivity contribution in [3.05, 3.63) is 18.2 Å². The van der Waals surface area contributed by atoms with Gasteiger partial charge in [0.1, 0.15) is 5.54 Å². The molecule has 1 aromatic heterocycles. The average Bonchev–Trinajstić information content (AvgIpc) is 2.90. The van der Waals surface area contributed by atoms with Gasteiger partial charge in [-0.3, -0.25) is 0 Å². The summed E-state index contributed by atoms with van der Waals surface area (Å²) in [5, 5.41) is 14.6. The van der Waals surface area contributed by atoms with Crippen molar-refractivity contribution in [1.29, 1.82) is 0 Å². The average molecular weight is 266 g/mol. The lowest BCUT2D eigenvalue weighted by Gasteiger charge is -2.33. The molecule has 0 saturated heterocycles. The number of nitrogens with one attached hydrogen (secondary N) is 3. The Hall–Kier alpha value is -2.05. The normalized spacial score (nSPS) is 17.7. The highest BCUT2D eigenvalue weighted by Crippen LogP contribution is 2.28. The summed E-state index contributed by atoms with van der Waals surface area (Å²) in [6.45, 7) is 0.293. The molecule has 0 bridgehead atoms. The van der Waals surface area contributed by atoms with Crippen LogP contribution in [0.25, 0.3) is 0 Å². The van der Waals surface area contributed by atoms with Crippen LogP contribution in [0.3, 0.4) is 0 Å². The lowest BCUT2D eigenvalue weighted by molar-refractivity contribution is -0.145. The second-order valence-corrected chi connectivity index (χ2v) is 4.83. The number of imidazole rings is 1. The van der Waals surface area contributed by atoms with Crippen LogP contribution in [0.2, 0.25) is 0 Å². The number of aromatic amines is 1. The molecular weight excluding hydrogens is 248 g/mol. The summed E-state index contributed by atoms with van der Waals surface area (Å²) in [4.78, 5) is 29.9. The molecule has 2 rings (SSSR count). The quantitative estimate of drug-likeness (QED) is 0.652. The van der Waals surface area contributed by atoms with Crippen molar-refractivity contribution in [3.8, 4) is 0 Å². The molecule has 1 aliphatic rings. The predicted molar refractivity (Wildman–Crippen MR) is 67.4 cm³/mol. The van der Waals surface area contributed by atoms with Gasteiger partial charge in [0.25, 0.3) is 0 Å². The number of nitrogens with zero attached hydrogens (tertiary/aromatic N) is 1. The molecule has 0 aliphatic heterocycles. The molecule has 0 spiro atoms. The number of hydrogen-bond donors (Lipinski definition) is 4. The molecule has 7 nitrogen and oxygen atoms in total. The number of carboxylic acid groups (broad SMARTS) is 1. The molecule has 1 saturated carbocycles. The van der Waals surface area contributed by atoms with Crippen LogP contribution in [0.5, 0.6) is 0 Å². The summed E-state index contributed by atoms with van der Waals surface area (Å²) >= 11 is 0. The fourth-order valence-corrected chi connectivity index (χ4v) is 2.37. The third-order valence-corrected chi connectivity index (χ3v) is 3.46. The Kier molecular flexibility index (Phi) is 4.03. The number of aliphatic carboxylic acids is 1. The molecule has 19 heavy (non-hydrogen) atoms. The number of hydrogen-bond acceptors (Lipinski definition) is 3. The summed E-state index contributed by atoms with van der Waals surface area (Å²) in [6.07, 6.45) is 6.77. The van der Waals surface area contributed by atoms with E-state index < -0.39 is 17.5 Å². The van der Waals surface area contributed by atoms with E-state index in [0.29, 0.717) is 19.4 Å². The first-order valence-corrected chi connectivity index (χ1v) is 6.39. The topological polar surface area (TPSA) is 107 Å². The molecule has 1 heterocycles. The third kappa shape index (κ3) is 3.24. The summed E-state index contributed by atoms with van der Waals surface area (Å²) in [7, 11) is 0. The lowest BCUT2D eigenvalue weighted by Crippen LogP contribution is -2.57. The van der Waals surface area contributed by atoms with Gasteiger partial charge in [0, 0.05) is 6.20 Å². The van der Waals surface area contributed by atoms with Crippen molar-refractivity contribution >= 4 is 12.0 Å². The van der Waals surface area contributed by atoms with Crippen molar-refractivity contribution < 1.29 is 14.7 Å². The van der Waals surface area contributed by atoms with Gasteiger partial charge < -0.3 is 20.7 Å². The minimum atomic E-state index is -1.11. The molecule has 1 aliphatic carbocycles. The van der Waals surface area contributed by atoms with Crippen LogP contribution in [0.1, 0.15) is 37.8 Å². The van der Waals surface area contributed by atoms with Crippen LogP contribution in [-0.4, -0.2) is 32.6 Å². The van der Waals surface area contributed by atoms with E-state index in [1.807, 2.05) is 0 Å². The van der Waals surface area contributed by atoms with E-state index in [9.17, 15) is 14.7 Å². The van der Waals surface area contributed by atoms with Crippen LogP contribution in [0, 0.1) is 0 Å². The van der Waals surface area contributed by atoms with E-state index in [2.05, 4.69) is 20.6 Å². The zero-order valence-corrected chi connectivity index (χ0v) is 10.6. The molecule has 2 amide bonds. The molecular formula is C12H18N4O3. The van der Waals surface area contributed by atoms with E-state index in [1.54, 1.807) is 6.20 Å². The van der Waals surface area contributed by atoms with Crippen LogP contribution in [0.4, 0.5) is 4.79 Å². The Bertz CT molecular complexity index is 438. The van der Waals surface area contributed by atoms with E-state index >= 15 is 0 Å². The first kappa shape index (κ1) is 13.4. The van der Waals surface area contributed by atoms with Gasteiger partial charge in [-0.25, -0.2) is 14.6 Å². The fourth-order valence-electron chi connectivity index (χ4n) is 2.37. The van der Waals surface area contributed by atoms with Crippen LogP contribution in [0.15, 0.2) is 12.5 Å². The van der Waals surface area contributed by atoms with Gasteiger partial charge >= 0.3 is 12.0 Å². The van der Waals surface area contributed by atoms with Crippen molar-refractivity contribution in [2.45, 2.75) is 44.2 Å². The Balaban J connectivity index is 1.90. The molecule has 7 heteroatoms.